The van der Waals surface area contributed by atoms with Crippen molar-refractivity contribution in [3.05, 3.63) is 0 Å². The Morgan fingerprint density at radius 1 is 0.833 bits per heavy atom. The fourth-order valence-corrected chi connectivity index (χ4v) is 5.02. The van der Waals surface area contributed by atoms with Crippen LogP contribution in [-0.4, -0.2) is 108 Å². The molecule has 36 heavy (non-hydrogen) atoms. The third-order valence-corrected chi connectivity index (χ3v) is 6.15. The van der Waals surface area contributed by atoms with Gasteiger partial charge in [0.05, 0.1) is 19.2 Å². The van der Waals surface area contributed by atoms with Crippen molar-refractivity contribution in [1.29, 1.82) is 0 Å². The van der Waals surface area contributed by atoms with Crippen molar-refractivity contribution in [3.63, 3.8) is 0 Å². The maximum atomic E-state index is 12.2. The molecule has 1 rings (SSSR count). The van der Waals surface area contributed by atoms with Crippen LogP contribution in [0.5, 0.6) is 0 Å². The first kappa shape index (κ1) is 31.1. The molecule has 0 aromatic carbocycles. The van der Waals surface area contributed by atoms with Crippen LogP contribution in [0, 0.1) is 0 Å². The molecule has 6 atom stereocenters. The summed E-state index contributed by atoms with van der Waals surface area (Å²) in [6.45, 7) is 4.02. The zero-order valence-electron chi connectivity index (χ0n) is 20.8. The van der Waals surface area contributed by atoms with Gasteiger partial charge in [-0.15, -0.1) is 11.8 Å². The van der Waals surface area contributed by atoms with Crippen LogP contribution in [0.2, 0.25) is 0 Å². The van der Waals surface area contributed by atoms with E-state index in [4.69, 9.17) is 28.4 Å². The van der Waals surface area contributed by atoms with Crippen molar-refractivity contribution >= 4 is 47.6 Å². The first-order chi connectivity index (χ1) is 16.8. The maximum absolute atomic E-state index is 12.2. The van der Waals surface area contributed by atoms with Gasteiger partial charge in [-0.3, -0.25) is 33.7 Å². The highest BCUT2D eigenvalue weighted by atomic mass is 32.2. The largest absolute Gasteiger partial charge is 0.468 e. The number of thioether (sulfide) groups is 1. The summed E-state index contributed by atoms with van der Waals surface area (Å²) in [4.78, 5) is 72.8. The van der Waals surface area contributed by atoms with E-state index < -0.39 is 85.0 Å². The molecule has 1 aliphatic rings. The van der Waals surface area contributed by atoms with Gasteiger partial charge in [-0.25, -0.2) is 0 Å². The van der Waals surface area contributed by atoms with Gasteiger partial charge in [-0.05, 0) is 0 Å². The number of ether oxygens (including phenoxy) is 6. The van der Waals surface area contributed by atoms with Crippen LogP contribution in [0.25, 0.3) is 0 Å². The molecule has 0 radical (unpaired) electrons. The molecule has 1 aliphatic heterocycles. The number of carbonyl (C=O) groups is 6. The van der Waals surface area contributed by atoms with Crippen molar-refractivity contribution in [2.24, 2.45) is 0 Å². The van der Waals surface area contributed by atoms with Crippen LogP contribution < -0.4 is 0 Å². The van der Waals surface area contributed by atoms with Gasteiger partial charge in [-0.2, -0.15) is 0 Å². The van der Waals surface area contributed by atoms with Gasteiger partial charge < -0.3 is 33.5 Å². The summed E-state index contributed by atoms with van der Waals surface area (Å²) in [6, 6.07) is -0.941. The predicted octanol–water partition coefficient (Wildman–Crippen LogP) is -0.857. The highest BCUT2D eigenvalue weighted by Crippen LogP contribution is 2.36. The molecule has 1 saturated heterocycles. The molecule has 0 bridgehead atoms. The Morgan fingerprint density at radius 3 is 1.81 bits per heavy atom. The highest BCUT2D eigenvalue weighted by Gasteiger charge is 2.52. The first-order valence-electron chi connectivity index (χ1n) is 10.7. The lowest BCUT2D eigenvalue weighted by molar-refractivity contribution is -0.205. The van der Waals surface area contributed by atoms with Gasteiger partial charge >= 0.3 is 35.8 Å². The Morgan fingerprint density at radius 2 is 1.36 bits per heavy atom. The SMILES string of the molecule is COC(=O)[C@@H]1CS[C@H]([C@@H](OC(C)=O)[C@@H](OC(C)=O)[C@H](OC(C)=O)[C@@H](COC(C)=O)OC(C)=O)N1CO. The molecule has 0 saturated carbocycles. The summed E-state index contributed by atoms with van der Waals surface area (Å²) in [6.07, 6.45) is -6.20. The number of aliphatic hydroxyl groups is 1. The summed E-state index contributed by atoms with van der Waals surface area (Å²) >= 11 is 1.08. The monoisotopic (exact) mass is 537 g/mol. The van der Waals surface area contributed by atoms with E-state index in [2.05, 4.69) is 0 Å². The van der Waals surface area contributed by atoms with Crippen LogP contribution in [0.15, 0.2) is 0 Å². The van der Waals surface area contributed by atoms with Crippen molar-refractivity contribution in [1.82, 2.24) is 4.90 Å². The third kappa shape index (κ3) is 9.28. The zero-order valence-corrected chi connectivity index (χ0v) is 21.6. The van der Waals surface area contributed by atoms with Crippen LogP contribution in [0.1, 0.15) is 34.6 Å². The lowest BCUT2D eigenvalue weighted by atomic mass is 10.0. The quantitative estimate of drug-likeness (QED) is 0.240. The molecule has 1 fully saturated rings. The lowest BCUT2D eigenvalue weighted by Gasteiger charge is -2.39. The number of esters is 6. The molecule has 15 heteroatoms. The maximum Gasteiger partial charge on any atom is 0.324 e. The molecular formula is C21H31NO13S. The van der Waals surface area contributed by atoms with E-state index in [-0.39, 0.29) is 5.75 Å². The Bertz CT molecular complexity index is 835. The Kier molecular flexibility index (Phi) is 12.6. The van der Waals surface area contributed by atoms with E-state index in [0.717, 1.165) is 53.5 Å². The smallest absolute Gasteiger partial charge is 0.324 e. The topological polar surface area (TPSA) is 181 Å². The minimum Gasteiger partial charge on any atom is -0.468 e. The van der Waals surface area contributed by atoms with Crippen LogP contribution in [-0.2, 0) is 57.2 Å². The van der Waals surface area contributed by atoms with E-state index in [1.807, 2.05) is 0 Å². The Labute approximate surface area is 211 Å². The number of rotatable bonds is 12. The lowest BCUT2D eigenvalue weighted by Crippen LogP contribution is -2.58. The second kappa shape index (κ2) is 14.6. The second-order valence-electron chi connectivity index (χ2n) is 7.59. The molecule has 204 valence electrons. The molecule has 14 nitrogen and oxygen atoms in total. The van der Waals surface area contributed by atoms with Gasteiger partial charge in [0.1, 0.15) is 12.6 Å². The minimum absolute atomic E-state index is 0.113. The average Bonchev–Trinajstić information content (AvgIpc) is 3.20. The molecule has 0 aliphatic carbocycles. The number of carbonyl (C=O) groups excluding carboxylic acids is 6. The van der Waals surface area contributed by atoms with Gasteiger partial charge in [0.25, 0.3) is 0 Å². The minimum atomic E-state index is -1.63. The van der Waals surface area contributed by atoms with Crippen LogP contribution >= 0.6 is 11.8 Å². The van der Waals surface area contributed by atoms with Crippen molar-refractivity contribution < 1.29 is 62.3 Å². The van der Waals surface area contributed by atoms with Gasteiger partial charge in [-0.1, -0.05) is 0 Å². The van der Waals surface area contributed by atoms with E-state index in [9.17, 15) is 33.9 Å². The average molecular weight is 538 g/mol. The fourth-order valence-electron chi connectivity index (χ4n) is 3.51. The molecule has 0 aromatic heterocycles. The fraction of sp³-hybridized carbons (Fsp3) is 0.714. The Hall–Kier alpha value is -2.91. The predicted molar refractivity (Wildman–Crippen MR) is 120 cm³/mol. The van der Waals surface area contributed by atoms with Gasteiger partial charge in [0.2, 0.25) is 0 Å². The van der Waals surface area contributed by atoms with E-state index >= 15 is 0 Å². The number of aliphatic hydroxyl groups excluding tert-OH is 1. The molecule has 1 N–H and O–H groups in total. The van der Waals surface area contributed by atoms with E-state index in [0.29, 0.717) is 0 Å². The normalized spacial score (nSPS) is 20.8. The van der Waals surface area contributed by atoms with E-state index in [1.165, 1.54) is 4.90 Å². The number of hydrogen-bond acceptors (Lipinski definition) is 15. The van der Waals surface area contributed by atoms with Crippen LogP contribution in [0.4, 0.5) is 0 Å². The summed E-state index contributed by atoms with van der Waals surface area (Å²) in [7, 11) is 1.16. The molecule has 1 heterocycles. The summed E-state index contributed by atoms with van der Waals surface area (Å²) < 4.78 is 31.1. The van der Waals surface area contributed by atoms with Crippen molar-refractivity contribution in [2.75, 3.05) is 26.2 Å². The van der Waals surface area contributed by atoms with Crippen molar-refractivity contribution in [2.45, 2.75) is 70.5 Å². The third-order valence-electron chi connectivity index (χ3n) is 4.76. The van der Waals surface area contributed by atoms with Crippen LogP contribution in [0.3, 0.4) is 0 Å². The number of nitrogens with zero attached hydrogens (tertiary/aromatic N) is 1. The number of hydrogen-bond donors (Lipinski definition) is 1. The summed E-state index contributed by atoms with van der Waals surface area (Å²) in [5, 5.41) is 9.00. The van der Waals surface area contributed by atoms with Gasteiger partial charge in [0.15, 0.2) is 24.4 Å². The molecule has 0 aromatic rings. The van der Waals surface area contributed by atoms with E-state index in [1.54, 1.807) is 0 Å². The highest BCUT2D eigenvalue weighted by molar-refractivity contribution is 8.00. The van der Waals surface area contributed by atoms with Gasteiger partial charge in [0, 0.05) is 40.4 Å². The molecule has 0 amide bonds. The summed E-state index contributed by atoms with van der Waals surface area (Å²) in [5.74, 6) is -4.74. The summed E-state index contributed by atoms with van der Waals surface area (Å²) in [5.41, 5.74) is 0. The molecular weight excluding hydrogens is 506 g/mol. The van der Waals surface area contributed by atoms with Crippen molar-refractivity contribution in [3.8, 4) is 0 Å². The second-order valence-corrected chi connectivity index (χ2v) is 8.74. The Balaban J connectivity index is 3.62. The zero-order chi connectivity index (χ0) is 27.6. The molecule has 0 unspecified atom stereocenters. The standard InChI is InChI=1S/C21H31NO13S/c1-10(24)31-7-16(32-11(2)25)17(33-12(3)26)18(34-13(4)27)19(35-14(5)28)20-22(9-23)15(8-36-20)21(29)30-6/h15-20,23H,7-9H2,1-6H3/t15-,16+,17+,18-,19-,20+/m0/s1. The molecule has 0 spiro atoms. The number of methoxy groups -OCH3 is 1. The first-order valence-corrected chi connectivity index (χ1v) is 11.7.